The number of carboxylic acid groups (broad SMARTS) is 1. The van der Waals surface area contributed by atoms with Crippen LogP contribution in [-0.4, -0.2) is 29.9 Å². The monoisotopic (exact) mass is 290 g/mol. The van der Waals surface area contributed by atoms with E-state index in [4.69, 9.17) is 9.84 Å². The Labute approximate surface area is 122 Å². The van der Waals surface area contributed by atoms with Crippen LogP contribution < -0.4 is 0 Å². The smallest absolute Gasteiger partial charge is 0.303 e. The molecule has 0 aliphatic heterocycles. The molecular formula is C15H30O3S. The molecule has 19 heavy (non-hydrogen) atoms. The molecule has 0 aromatic rings. The highest BCUT2D eigenvalue weighted by Gasteiger charge is 1.96. The van der Waals surface area contributed by atoms with E-state index >= 15 is 0 Å². The summed E-state index contributed by atoms with van der Waals surface area (Å²) in [5.41, 5.74) is 0. The van der Waals surface area contributed by atoms with Crippen molar-refractivity contribution in [3.05, 3.63) is 0 Å². The zero-order chi connectivity index (χ0) is 14.2. The predicted octanol–water partition coefficient (Wildman–Crippen LogP) is 4.70. The fraction of sp³-hybridized carbons (Fsp3) is 0.933. The number of carboxylic acids is 1. The third kappa shape index (κ3) is 17.8. The number of rotatable bonds is 15. The summed E-state index contributed by atoms with van der Waals surface area (Å²) in [5.74, 6) is 0.156. The van der Waals surface area contributed by atoms with Crippen molar-refractivity contribution in [2.45, 2.75) is 70.6 Å². The molecule has 0 saturated carbocycles. The quantitative estimate of drug-likeness (QED) is 0.351. The fourth-order valence-corrected chi connectivity index (χ4v) is 2.32. The van der Waals surface area contributed by atoms with Crippen molar-refractivity contribution in [1.29, 1.82) is 0 Å². The van der Waals surface area contributed by atoms with Gasteiger partial charge < -0.3 is 9.84 Å². The van der Waals surface area contributed by atoms with Gasteiger partial charge in [-0.25, -0.2) is 0 Å². The lowest BCUT2D eigenvalue weighted by atomic mass is 10.1. The first-order valence-corrected chi connectivity index (χ1v) is 8.95. The van der Waals surface area contributed by atoms with Crippen molar-refractivity contribution in [2.75, 3.05) is 18.8 Å². The first-order valence-electron chi connectivity index (χ1n) is 7.56. The summed E-state index contributed by atoms with van der Waals surface area (Å²) < 4.78 is 5.40. The van der Waals surface area contributed by atoms with Crippen molar-refractivity contribution in [3.8, 4) is 0 Å². The van der Waals surface area contributed by atoms with Crippen LogP contribution in [0.4, 0.5) is 0 Å². The highest BCUT2D eigenvalue weighted by molar-refractivity contribution is 7.98. The minimum Gasteiger partial charge on any atom is -0.481 e. The van der Waals surface area contributed by atoms with Gasteiger partial charge in [0.2, 0.25) is 0 Å². The number of hydrogen-bond acceptors (Lipinski definition) is 3. The molecule has 114 valence electrons. The third-order valence-corrected chi connectivity index (χ3v) is 3.53. The van der Waals surface area contributed by atoms with Crippen LogP contribution in [0.25, 0.3) is 0 Å². The topological polar surface area (TPSA) is 46.5 Å². The van der Waals surface area contributed by atoms with Gasteiger partial charge in [0.25, 0.3) is 0 Å². The lowest BCUT2D eigenvalue weighted by Gasteiger charge is -2.03. The van der Waals surface area contributed by atoms with Crippen molar-refractivity contribution in [3.63, 3.8) is 0 Å². The molecule has 0 aliphatic carbocycles. The van der Waals surface area contributed by atoms with Gasteiger partial charge in [-0.05, 0) is 19.1 Å². The highest BCUT2D eigenvalue weighted by Crippen LogP contribution is 2.11. The SMILES string of the molecule is CSCOCCCCCCCCCCCCC(=O)O. The first kappa shape index (κ1) is 18.8. The number of thioether (sulfide) groups is 1. The average Bonchev–Trinajstić information content (AvgIpc) is 2.39. The van der Waals surface area contributed by atoms with Gasteiger partial charge in [0.15, 0.2) is 0 Å². The van der Waals surface area contributed by atoms with Crippen LogP contribution in [0.15, 0.2) is 0 Å². The first-order chi connectivity index (χ1) is 9.27. The van der Waals surface area contributed by atoms with E-state index in [1.165, 1.54) is 51.4 Å². The van der Waals surface area contributed by atoms with Crippen molar-refractivity contribution < 1.29 is 14.6 Å². The van der Waals surface area contributed by atoms with Gasteiger partial charge in [0.05, 0.1) is 5.94 Å². The maximum atomic E-state index is 10.3. The molecule has 0 unspecified atom stereocenters. The minimum atomic E-state index is -0.665. The maximum absolute atomic E-state index is 10.3. The molecule has 0 rings (SSSR count). The van der Waals surface area contributed by atoms with E-state index in [2.05, 4.69) is 6.26 Å². The van der Waals surface area contributed by atoms with E-state index in [1.54, 1.807) is 11.8 Å². The molecular weight excluding hydrogens is 260 g/mol. The van der Waals surface area contributed by atoms with Crippen LogP contribution in [0.5, 0.6) is 0 Å². The van der Waals surface area contributed by atoms with Crippen LogP contribution in [0.3, 0.4) is 0 Å². The van der Waals surface area contributed by atoms with Crippen molar-refractivity contribution in [1.82, 2.24) is 0 Å². The zero-order valence-electron chi connectivity index (χ0n) is 12.4. The van der Waals surface area contributed by atoms with Gasteiger partial charge in [0, 0.05) is 13.0 Å². The fourth-order valence-electron chi connectivity index (χ4n) is 2.04. The van der Waals surface area contributed by atoms with E-state index in [9.17, 15) is 4.79 Å². The van der Waals surface area contributed by atoms with Gasteiger partial charge in [-0.1, -0.05) is 51.4 Å². The van der Waals surface area contributed by atoms with E-state index in [0.717, 1.165) is 25.4 Å². The highest BCUT2D eigenvalue weighted by atomic mass is 32.2. The molecule has 0 amide bonds. The Balaban J connectivity index is 2.93. The Hall–Kier alpha value is -0.220. The predicted molar refractivity (Wildman–Crippen MR) is 82.8 cm³/mol. The van der Waals surface area contributed by atoms with Crippen LogP contribution in [0.1, 0.15) is 70.6 Å². The second-order valence-corrected chi connectivity index (χ2v) is 5.81. The molecule has 4 heteroatoms. The van der Waals surface area contributed by atoms with Gasteiger partial charge in [0.1, 0.15) is 0 Å². The van der Waals surface area contributed by atoms with Gasteiger partial charge >= 0.3 is 5.97 Å². The molecule has 1 N–H and O–H groups in total. The lowest BCUT2D eigenvalue weighted by Crippen LogP contribution is -1.93. The van der Waals surface area contributed by atoms with E-state index in [1.807, 2.05) is 0 Å². The summed E-state index contributed by atoms with van der Waals surface area (Å²) >= 11 is 1.73. The minimum absolute atomic E-state index is 0.332. The molecule has 0 aromatic carbocycles. The third-order valence-electron chi connectivity index (χ3n) is 3.13. The summed E-state index contributed by atoms with van der Waals surface area (Å²) in [6.07, 6.45) is 14.5. The molecule has 0 radical (unpaired) electrons. The molecule has 3 nitrogen and oxygen atoms in total. The number of ether oxygens (including phenoxy) is 1. The summed E-state index contributed by atoms with van der Waals surface area (Å²) in [4.78, 5) is 10.3. The molecule has 0 aliphatic rings. The Morgan fingerprint density at radius 1 is 0.895 bits per heavy atom. The second kappa shape index (κ2) is 15.8. The Kier molecular flexibility index (Phi) is 15.7. The number of aliphatic carboxylic acids is 1. The summed E-state index contributed by atoms with van der Waals surface area (Å²) in [6.45, 7) is 0.907. The number of carbonyl (C=O) groups is 1. The van der Waals surface area contributed by atoms with Gasteiger partial charge in [-0.2, -0.15) is 0 Å². The zero-order valence-corrected chi connectivity index (χ0v) is 13.2. The molecule has 0 saturated heterocycles. The standard InChI is InChI=1S/C15H30O3S/c1-19-14-18-13-11-9-7-5-3-2-4-6-8-10-12-15(16)17/h2-14H2,1H3,(H,16,17). The van der Waals surface area contributed by atoms with Gasteiger partial charge in [-0.15, -0.1) is 11.8 Å². The summed E-state index contributed by atoms with van der Waals surface area (Å²) in [7, 11) is 0. The van der Waals surface area contributed by atoms with E-state index < -0.39 is 5.97 Å². The Morgan fingerprint density at radius 2 is 1.37 bits per heavy atom. The molecule has 0 bridgehead atoms. The molecule has 0 aromatic heterocycles. The maximum Gasteiger partial charge on any atom is 0.303 e. The Bertz CT molecular complexity index is 198. The van der Waals surface area contributed by atoms with Crippen LogP contribution in [0, 0.1) is 0 Å². The Morgan fingerprint density at radius 3 is 1.84 bits per heavy atom. The summed E-state index contributed by atoms with van der Waals surface area (Å²) in [5, 5.41) is 8.49. The summed E-state index contributed by atoms with van der Waals surface area (Å²) in [6, 6.07) is 0. The molecule has 0 spiro atoms. The normalized spacial score (nSPS) is 10.8. The van der Waals surface area contributed by atoms with E-state index in [-0.39, 0.29) is 0 Å². The van der Waals surface area contributed by atoms with E-state index in [0.29, 0.717) is 6.42 Å². The van der Waals surface area contributed by atoms with Crippen molar-refractivity contribution >= 4 is 17.7 Å². The number of hydrogen-bond donors (Lipinski definition) is 1. The number of unbranched alkanes of at least 4 members (excludes halogenated alkanes) is 9. The molecule has 0 atom stereocenters. The van der Waals surface area contributed by atoms with Gasteiger partial charge in [-0.3, -0.25) is 4.79 Å². The average molecular weight is 290 g/mol. The van der Waals surface area contributed by atoms with Crippen LogP contribution >= 0.6 is 11.8 Å². The largest absolute Gasteiger partial charge is 0.481 e. The lowest BCUT2D eigenvalue weighted by molar-refractivity contribution is -0.137. The second-order valence-electron chi connectivity index (χ2n) is 4.99. The van der Waals surface area contributed by atoms with Crippen LogP contribution in [0.2, 0.25) is 0 Å². The van der Waals surface area contributed by atoms with Crippen molar-refractivity contribution in [2.24, 2.45) is 0 Å². The molecule has 0 heterocycles. The molecule has 0 fully saturated rings. The van der Waals surface area contributed by atoms with Crippen LogP contribution in [-0.2, 0) is 9.53 Å².